The Hall–Kier alpha value is -0.830. The first kappa shape index (κ1) is 7.80. The van der Waals surface area contributed by atoms with Crippen LogP contribution in [0.25, 0.3) is 0 Å². The van der Waals surface area contributed by atoms with Gasteiger partial charge in [0.05, 0.1) is 12.2 Å². The third-order valence-corrected chi connectivity index (χ3v) is 2.39. The summed E-state index contributed by atoms with van der Waals surface area (Å²) >= 11 is 0. The molecule has 1 aliphatic rings. The molecular weight excluding hydrogens is 150 g/mol. The lowest BCUT2D eigenvalue weighted by Crippen LogP contribution is -2.59. The van der Waals surface area contributed by atoms with Gasteiger partial charge in [0, 0.05) is 19.0 Å². The summed E-state index contributed by atoms with van der Waals surface area (Å²) in [4.78, 5) is 0. The number of hydrogen-bond acceptors (Lipinski definition) is 1. The standard InChI is InChI=1S/C9H16N3/c1-8(2)11-6-3-7-12(11)9-4-5-10-9/h3,6-10H,4-5H2,1-2H3/q+1. The molecular formula is C9H16N3+. The van der Waals surface area contributed by atoms with Crippen LogP contribution in [-0.2, 0) is 0 Å². The second kappa shape index (κ2) is 2.90. The van der Waals surface area contributed by atoms with Gasteiger partial charge in [0.25, 0.3) is 0 Å². The Morgan fingerprint density at radius 1 is 1.58 bits per heavy atom. The lowest BCUT2D eigenvalue weighted by atomic mass is 10.2. The van der Waals surface area contributed by atoms with Crippen LogP contribution in [0.2, 0.25) is 0 Å². The number of hydrogen-bond donors (Lipinski definition) is 1. The van der Waals surface area contributed by atoms with Crippen LogP contribution in [0.4, 0.5) is 0 Å². The molecule has 0 spiro atoms. The van der Waals surface area contributed by atoms with E-state index in [4.69, 9.17) is 0 Å². The summed E-state index contributed by atoms with van der Waals surface area (Å²) in [6.45, 7) is 5.56. The minimum absolute atomic E-state index is 0.530. The molecule has 0 radical (unpaired) electrons. The van der Waals surface area contributed by atoms with Crippen molar-refractivity contribution in [1.82, 2.24) is 10.00 Å². The highest BCUT2D eigenvalue weighted by Crippen LogP contribution is 2.09. The van der Waals surface area contributed by atoms with Crippen LogP contribution in [-0.4, -0.2) is 11.2 Å². The third kappa shape index (κ3) is 1.14. The largest absolute Gasteiger partial charge is 0.257 e. The summed E-state index contributed by atoms with van der Waals surface area (Å²) < 4.78 is 4.53. The second-order valence-corrected chi connectivity index (χ2v) is 3.60. The van der Waals surface area contributed by atoms with Crippen molar-refractivity contribution in [2.75, 3.05) is 6.54 Å². The number of nitrogens with zero attached hydrogens (tertiary/aromatic N) is 2. The van der Waals surface area contributed by atoms with Gasteiger partial charge in [0.1, 0.15) is 0 Å². The highest BCUT2D eigenvalue weighted by atomic mass is 15.5. The molecule has 3 nitrogen and oxygen atoms in total. The van der Waals surface area contributed by atoms with Gasteiger partial charge >= 0.3 is 0 Å². The quantitative estimate of drug-likeness (QED) is 0.646. The van der Waals surface area contributed by atoms with E-state index >= 15 is 0 Å². The van der Waals surface area contributed by atoms with Crippen molar-refractivity contribution in [3.05, 3.63) is 18.5 Å². The summed E-state index contributed by atoms with van der Waals surface area (Å²) in [6, 6.07) is 2.64. The van der Waals surface area contributed by atoms with Crippen molar-refractivity contribution in [3.8, 4) is 0 Å². The van der Waals surface area contributed by atoms with Crippen molar-refractivity contribution in [1.29, 1.82) is 0 Å². The molecule has 2 heterocycles. The van der Waals surface area contributed by atoms with Gasteiger partial charge in [-0.3, -0.25) is 5.32 Å². The van der Waals surface area contributed by atoms with E-state index in [2.05, 4.69) is 47.0 Å². The molecule has 1 aliphatic heterocycles. The van der Waals surface area contributed by atoms with E-state index in [-0.39, 0.29) is 0 Å². The maximum absolute atomic E-state index is 3.39. The average Bonchev–Trinajstić information content (AvgIpc) is 2.31. The summed E-state index contributed by atoms with van der Waals surface area (Å²) in [5.74, 6) is 0. The summed E-state index contributed by atoms with van der Waals surface area (Å²) in [7, 11) is 0. The van der Waals surface area contributed by atoms with Gasteiger partial charge in [0.15, 0.2) is 6.20 Å². The van der Waals surface area contributed by atoms with Crippen molar-refractivity contribution in [3.63, 3.8) is 0 Å². The molecule has 0 bridgehead atoms. The van der Waals surface area contributed by atoms with E-state index in [9.17, 15) is 0 Å². The lowest BCUT2D eigenvalue weighted by molar-refractivity contribution is -0.811. The van der Waals surface area contributed by atoms with Crippen molar-refractivity contribution >= 4 is 0 Å². The van der Waals surface area contributed by atoms with Crippen molar-refractivity contribution < 1.29 is 4.68 Å². The smallest absolute Gasteiger partial charge is 0.236 e. The predicted octanol–water partition coefficient (Wildman–Crippen LogP) is 0.848. The summed E-state index contributed by atoms with van der Waals surface area (Å²) in [6.07, 6.45) is 6.05. The van der Waals surface area contributed by atoms with Gasteiger partial charge < -0.3 is 0 Å². The fourth-order valence-corrected chi connectivity index (χ4v) is 1.57. The number of nitrogens with one attached hydrogen (secondary N) is 1. The van der Waals surface area contributed by atoms with E-state index in [1.807, 2.05) is 0 Å². The van der Waals surface area contributed by atoms with Crippen LogP contribution in [0.1, 0.15) is 32.5 Å². The molecule has 0 aromatic carbocycles. The summed E-state index contributed by atoms with van der Waals surface area (Å²) in [5, 5.41) is 3.39. The molecule has 12 heavy (non-hydrogen) atoms. The molecule has 0 saturated carbocycles. The van der Waals surface area contributed by atoms with E-state index in [0.29, 0.717) is 12.2 Å². The molecule has 1 aromatic rings. The normalized spacial score (nSPS) is 22.8. The van der Waals surface area contributed by atoms with Crippen LogP contribution >= 0.6 is 0 Å². The molecule has 66 valence electrons. The Morgan fingerprint density at radius 3 is 2.83 bits per heavy atom. The molecule has 1 N–H and O–H groups in total. The fourth-order valence-electron chi connectivity index (χ4n) is 1.57. The van der Waals surface area contributed by atoms with Crippen LogP contribution in [0.15, 0.2) is 18.5 Å². The molecule has 1 aromatic heterocycles. The van der Waals surface area contributed by atoms with E-state index in [1.54, 1.807) is 0 Å². The highest BCUT2D eigenvalue weighted by Gasteiger charge is 2.28. The zero-order valence-electron chi connectivity index (χ0n) is 7.70. The average molecular weight is 166 g/mol. The molecule has 1 atom stereocenters. The van der Waals surface area contributed by atoms with E-state index in [1.165, 1.54) is 6.42 Å². The lowest BCUT2D eigenvalue weighted by Gasteiger charge is -2.23. The minimum Gasteiger partial charge on any atom is -0.257 e. The molecule has 0 aliphatic carbocycles. The first-order valence-electron chi connectivity index (χ1n) is 4.60. The van der Waals surface area contributed by atoms with Gasteiger partial charge in [-0.15, -0.1) is 0 Å². The second-order valence-electron chi connectivity index (χ2n) is 3.60. The third-order valence-electron chi connectivity index (χ3n) is 2.39. The Labute approximate surface area is 73.0 Å². The Morgan fingerprint density at radius 2 is 2.33 bits per heavy atom. The monoisotopic (exact) mass is 166 g/mol. The molecule has 0 amide bonds. The van der Waals surface area contributed by atoms with Gasteiger partial charge in [-0.25, -0.2) is 0 Å². The zero-order chi connectivity index (χ0) is 8.55. The zero-order valence-corrected chi connectivity index (χ0v) is 7.70. The van der Waals surface area contributed by atoms with Crippen LogP contribution in [0, 0.1) is 0 Å². The first-order valence-corrected chi connectivity index (χ1v) is 4.60. The molecule has 3 heteroatoms. The number of rotatable bonds is 2. The Kier molecular flexibility index (Phi) is 1.89. The van der Waals surface area contributed by atoms with Crippen molar-refractivity contribution in [2.24, 2.45) is 0 Å². The SMILES string of the molecule is CC(C)n1ccc[n+]1C1CCN1. The molecule has 1 saturated heterocycles. The predicted molar refractivity (Wildman–Crippen MR) is 46.7 cm³/mol. The first-order chi connectivity index (χ1) is 5.79. The Balaban J connectivity index is 2.23. The topological polar surface area (TPSA) is 20.8 Å². The fraction of sp³-hybridized carbons (Fsp3) is 0.667. The van der Waals surface area contributed by atoms with Gasteiger partial charge in [-0.05, 0) is 13.8 Å². The van der Waals surface area contributed by atoms with E-state index in [0.717, 1.165) is 6.54 Å². The highest BCUT2D eigenvalue weighted by molar-refractivity contribution is 4.75. The van der Waals surface area contributed by atoms with Gasteiger partial charge in [-0.1, -0.05) is 4.68 Å². The van der Waals surface area contributed by atoms with Crippen LogP contribution in [0.3, 0.4) is 0 Å². The minimum atomic E-state index is 0.530. The number of aromatic nitrogens is 2. The summed E-state index contributed by atoms with van der Waals surface area (Å²) in [5.41, 5.74) is 0. The molecule has 1 unspecified atom stereocenters. The van der Waals surface area contributed by atoms with Gasteiger partial charge in [-0.2, -0.15) is 4.68 Å². The maximum atomic E-state index is 3.39. The van der Waals surface area contributed by atoms with Gasteiger partial charge in [0.2, 0.25) is 6.17 Å². The Bertz CT molecular complexity index is 260. The van der Waals surface area contributed by atoms with Crippen molar-refractivity contribution in [2.45, 2.75) is 32.5 Å². The molecule has 1 fully saturated rings. The maximum Gasteiger partial charge on any atom is 0.236 e. The van der Waals surface area contributed by atoms with Crippen LogP contribution < -0.4 is 10.00 Å². The van der Waals surface area contributed by atoms with Crippen LogP contribution in [0.5, 0.6) is 0 Å². The van der Waals surface area contributed by atoms with E-state index < -0.39 is 0 Å². The molecule has 2 rings (SSSR count).